The van der Waals surface area contributed by atoms with Crippen molar-refractivity contribution in [1.82, 2.24) is 20.2 Å². The number of carbonyl (C=O) groups excluding carboxylic acids is 3. The number of benzene rings is 1. The van der Waals surface area contributed by atoms with Crippen molar-refractivity contribution in [3.8, 4) is 11.4 Å². The Morgan fingerprint density at radius 2 is 1.70 bits per heavy atom. The Morgan fingerprint density at radius 3 is 2.27 bits per heavy atom. The smallest absolute Gasteiger partial charge is 0.414 e. The first kappa shape index (κ1) is 26.8. The molecule has 1 atom stereocenters. The van der Waals surface area contributed by atoms with Crippen LogP contribution in [0.5, 0.6) is 0 Å². The molecule has 2 aromatic rings. The number of rotatable bonds is 5. The van der Waals surface area contributed by atoms with Crippen LogP contribution >= 0.6 is 11.6 Å². The van der Waals surface area contributed by atoms with Crippen molar-refractivity contribution in [2.75, 3.05) is 13.1 Å². The van der Waals surface area contributed by atoms with Gasteiger partial charge in [0.05, 0.1) is 10.6 Å². The fourth-order valence-corrected chi connectivity index (χ4v) is 5.12. The van der Waals surface area contributed by atoms with Gasteiger partial charge in [-0.25, -0.2) is 14.8 Å². The topological polar surface area (TPSA) is 101 Å². The number of nitrogens with one attached hydrogen (secondary N) is 1. The fourth-order valence-electron chi connectivity index (χ4n) is 5.02. The van der Waals surface area contributed by atoms with Gasteiger partial charge >= 0.3 is 6.09 Å². The van der Waals surface area contributed by atoms with Gasteiger partial charge in [0.15, 0.2) is 11.6 Å². The van der Waals surface area contributed by atoms with Crippen LogP contribution in [0.15, 0.2) is 30.3 Å². The SMILES string of the molecule is Cc1cc(-c2ncc(Cl)cn2)cc(C)c1C1=C(OC(=O)N2CCCC2)C(CC(=O)NC(C)(C)C)CC1=O. The molecule has 2 heterocycles. The number of carbonyl (C=O) groups is 3. The van der Waals surface area contributed by atoms with E-state index in [2.05, 4.69) is 15.3 Å². The predicted octanol–water partition coefficient (Wildman–Crippen LogP) is 5.25. The second kappa shape index (κ2) is 10.6. The van der Waals surface area contributed by atoms with E-state index in [0.717, 1.165) is 29.5 Å². The first-order chi connectivity index (χ1) is 17.4. The van der Waals surface area contributed by atoms with Gasteiger partial charge in [-0.15, -0.1) is 0 Å². The lowest BCUT2D eigenvalue weighted by Gasteiger charge is -2.23. The molecule has 1 aromatic carbocycles. The standard InChI is InChI=1S/C28H33ClN4O4/c1-16-10-19(26-30-14-20(29)15-31-26)11-17(2)23(16)24-21(34)12-18(13-22(35)32-28(3,4)5)25(24)37-27(36)33-8-6-7-9-33/h10-11,14-15,18H,6-9,12-13H2,1-5H3,(H,32,35). The van der Waals surface area contributed by atoms with Gasteiger partial charge in [-0.1, -0.05) is 11.6 Å². The average molecular weight is 525 g/mol. The summed E-state index contributed by atoms with van der Waals surface area (Å²) in [6.45, 7) is 10.8. The third-order valence-electron chi connectivity index (χ3n) is 6.50. The first-order valence-electron chi connectivity index (χ1n) is 12.6. The van der Waals surface area contributed by atoms with Crippen molar-refractivity contribution in [3.05, 3.63) is 52.0 Å². The van der Waals surface area contributed by atoms with Crippen LogP contribution in [0, 0.1) is 19.8 Å². The number of ether oxygens (including phenoxy) is 1. The number of likely N-dealkylation sites (tertiary alicyclic amines) is 1. The van der Waals surface area contributed by atoms with Crippen LogP contribution < -0.4 is 5.32 Å². The molecule has 37 heavy (non-hydrogen) atoms. The molecule has 1 aliphatic carbocycles. The lowest BCUT2D eigenvalue weighted by molar-refractivity contribution is -0.123. The van der Waals surface area contributed by atoms with Gasteiger partial charge in [-0.05, 0) is 76.3 Å². The zero-order valence-corrected chi connectivity index (χ0v) is 22.7. The number of nitrogens with zero attached hydrogens (tertiary/aromatic N) is 3. The van der Waals surface area contributed by atoms with Crippen molar-refractivity contribution in [2.45, 2.75) is 65.8 Å². The number of halogens is 1. The Kier molecular flexibility index (Phi) is 7.69. The highest BCUT2D eigenvalue weighted by atomic mass is 35.5. The van der Waals surface area contributed by atoms with E-state index >= 15 is 0 Å². The van der Waals surface area contributed by atoms with Gasteiger partial charge in [0.1, 0.15) is 5.76 Å². The summed E-state index contributed by atoms with van der Waals surface area (Å²) in [4.78, 5) is 49.5. The summed E-state index contributed by atoms with van der Waals surface area (Å²) < 4.78 is 5.94. The van der Waals surface area contributed by atoms with E-state index in [9.17, 15) is 14.4 Å². The van der Waals surface area contributed by atoms with Crippen LogP contribution in [0.3, 0.4) is 0 Å². The molecule has 2 amide bonds. The molecule has 0 saturated carbocycles. The quantitative estimate of drug-likeness (QED) is 0.573. The molecule has 1 fully saturated rings. The molecule has 2 aliphatic rings. The van der Waals surface area contributed by atoms with Crippen molar-refractivity contribution < 1.29 is 19.1 Å². The van der Waals surface area contributed by atoms with E-state index in [1.165, 1.54) is 12.4 Å². The average Bonchev–Trinajstić information content (AvgIpc) is 3.42. The summed E-state index contributed by atoms with van der Waals surface area (Å²) in [6, 6.07) is 3.82. The van der Waals surface area contributed by atoms with E-state index < -0.39 is 17.6 Å². The van der Waals surface area contributed by atoms with Gasteiger partial charge < -0.3 is 15.0 Å². The summed E-state index contributed by atoms with van der Waals surface area (Å²) in [5.41, 5.74) is 3.12. The van der Waals surface area contributed by atoms with E-state index in [-0.39, 0.29) is 30.3 Å². The third kappa shape index (κ3) is 6.18. The van der Waals surface area contributed by atoms with Crippen LogP contribution in [0.2, 0.25) is 5.02 Å². The molecule has 1 N–H and O–H groups in total. The number of Topliss-reactive ketones (excluding diaryl/α,β-unsaturated/α-hetero) is 1. The minimum Gasteiger partial charge on any atom is -0.414 e. The van der Waals surface area contributed by atoms with E-state index in [1.807, 2.05) is 46.8 Å². The van der Waals surface area contributed by atoms with E-state index in [1.54, 1.807) is 4.90 Å². The van der Waals surface area contributed by atoms with E-state index in [0.29, 0.717) is 35.1 Å². The number of aryl methyl sites for hydroxylation is 2. The molecule has 0 bridgehead atoms. The van der Waals surface area contributed by atoms with Crippen molar-refractivity contribution in [2.24, 2.45) is 5.92 Å². The minimum atomic E-state index is -0.519. The van der Waals surface area contributed by atoms with Crippen molar-refractivity contribution >= 4 is 35.0 Å². The zero-order chi connectivity index (χ0) is 26.9. The molecule has 0 spiro atoms. The number of ketones is 1. The van der Waals surface area contributed by atoms with Crippen molar-refractivity contribution in [3.63, 3.8) is 0 Å². The maximum atomic E-state index is 13.4. The van der Waals surface area contributed by atoms with Crippen LogP contribution in [0.1, 0.15) is 63.1 Å². The molecule has 0 radical (unpaired) electrons. The van der Waals surface area contributed by atoms with Gasteiger partial charge in [0.25, 0.3) is 0 Å². The lowest BCUT2D eigenvalue weighted by atomic mass is 9.92. The van der Waals surface area contributed by atoms with Crippen LogP contribution in [0.4, 0.5) is 4.79 Å². The third-order valence-corrected chi connectivity index (χ3v) is 6.69. The van der Waals surface area contributed by atoms with Gasteiger partial charge in [0.2, 0.25) is 5.91 Å². The largest absolute Gasteiger partial charge is 0.414 e. The number of hydrogen-bond donors (Lipinski definition) is 1. The predicted molar refractivity (Wildman–Crippen MR) is 142 cm³/mol. The molecule has 196 valence electrons. The minimum absolute atomic E-state index is 0.0594. The van der Waals surface area contributed by atoms with Gasteiger partial charge in [-0.3, -0.25) is 9.59 Å². The summed E-state index contributed by atoms with van der Waals surface area (Å²) in [5, 5.41) is 3.40. The number of aromatic nitrogens is 2. The Hall–Kier alpha value is -3.26. The highest BCUT2D eigenvalue weighted by Crippen LogP contribution is 2.41. The Balaban J connectivity index is 1.75. The summed E-state index contributed by atoms with van der Waals surface area (Å²) >= 11 is 5.94. The maximum absolute atomic E-state index is 13.4. The lowest BCUT2D eigenvalue weighted by Crippen LogP contribution is -2.41. The van der Waals surface area contributed by atoms with Crippen LogP contribution in [-0.2, 0) is 14.3 Å². The fraction of sp³-hybridized carbons (Fsp3) is 0.464. The van der Waals surface area contributed by atoms with Crippen LogP contribution in [-0.4, -0.2) is 51.3 Å². The highest BCUT2D eigenvalue weighted by molar-refractivity contribution is 6.30. The second-order valence-corrected chi connectivity index (χ2v) is 11.3. The molecule has 4 rings (SSSR count). The number of amides is 2. The normalized spacial score (nSPS) is 17.9. The van der Waals surface area contributed by atoms with Crippen LogP contribution in [0.25, 0.3) is 17.0 Å². The number of hydrogen-bond acceptors (Lipinski definition) is 6. The molecular formula is C28H33ClN4O4. The highest BCUT2D eigenvalue weighted by Gasteiger charge is 2.39. The Morgan fingerprint density at radius 1 is 1.11 bits per heavy atom. The molecule has 1 unspecified atom stereocenters. The summed E-state index contributed by atoms with van der Waals surface area (Å²) in [5.74, 6) is -0.0437. The first-order valence-corrected chi connectivity index (χ1v) is 13.0. The molecule has 1 saturated heterocycles. The van der Waals surface area contributed by atoms with E-state index in [4.69, 9.17) is 16.3 Å². The monoisotopic (exact) mass is 524 g/mol. The Labute approximate surface area is 222 Å². The second-order valence-electron chi connectivity index (χ2n) is 10.8. The molecule has 9 heteroatoms. The van der Waals surface area contributed by atoms with Crippen molar-refractivity contribution in [1.29, 1.82) is 0 Å². The zero-order valence-electron chi connectivity index (χ0n) is 22.0. The molecule has 1 aromatic heterocycles. The molecule has 1 aliphatic heterocycles. The van der Waals surface area contributed by atoms with Gasteiger partial charge in [-0.2, -0.15) is 0 Å². The maximum Gasteiger partial charge on any atom is 0.414 e. The molecular weight excluding hydrogens is 492 g/mol. The number of allylic oxidation sites excluding steroid dienone is 2. The summed E-state index contributed by atoms with van der Waals surface area (Å²) in [6.07, 6.45) is 4.61. The van der Waals surface area contributed by atoms with Gasteiger partial charge in [0, 0.05) is 55.3 Å². The molecule has 8 nitrogen and oxygen atoms in total. The Bertz CT molecular complexity index is 1230. The summed E-state index contributed by atoms with van der Waals surface area (Å²) in [7, 11) is 0.